The van der Waals surface area contributed by atoms with Gasteiger partial charge in [0.25, 0.3) is 0 Å². The number of fused-ring (bicyclic) bond motifs is 1. The molecule has 1 saturated heterocycles. The molecule has 0 unspecified atom stereocenters. The van der Waals surface area contributed by atoms with Gasteiger partial charge in [-0.3, -0.25) is 0 Å². The van der Waals surface area contributed by atoms with Gasteiger partial charge in [-0.15, -0.1) is 0 Å². The van der Waals surface area contributed by atoms with Gasteiger partial charge in [0.05, 0.1) is 17.3 Å². The molecule has 0 radical (unpaired) electrons. The standard InChI is InChI=1S/C24H29FN4O4/c1-24(2,3)33-23(31)29-20-7-6-19(32-10-8-25)11-16(20)12-21(29)17-13-26-22(27-14-17)28-9-4-5-18(30)15-28/h6-7,11-14,18,30H,4-5,8-10,15H2,1-3H3/t18-/m1/s1. The Hall–Kier alpha value is -3.20. The Labute approximate surface area is 192 Å². The third kappa shape index (κ3) is 5.24. The molecule has 3 heterocycles. The van der Waals surface area contributed by atoms with E-state index in [2.05, 4.69) is 9.97 Å². The fraction of sp³-hybridized carbons (Fsp3) is 0.458. The first kappa shape index (κ1) is 23.0. The van der Waals surface area contributed by atoms with Crippen molar-refractivity contribution in [3.05, 3.63) is 36.7 Å². The van der Waals surface area contributed by atoms with E-state index in [-0.39, 0.29) is 12.7 Å². The van der Waals surface area contributed by atoms with Crippen molar-refractivity contribution in [1.82, 2.24) is 14.5 Å². The number of anilines is 1. The molecule has 0 bridgehead atoms. The Morgan fingerprint density at radius 2 is 2.00 bits per heavy atom. The molecule has 0 saturated carbocycles. The summed E-state index contributed by atoms with van der Waals surface area (Å²) in [5, 5.41) is 10.7. The number of halogens is 1. The molecule has 176 valence electrons. The molecular formula is C24H29FN4O4. The number of carbonyl (C=O) groups excluding carboxylic acids is 1. The molecule has 1 fully saturated rings. The summed E-state index contributed by atoms with van der Waals surface area (Å²) in [4.78, 5) is 24.1. The highest BCUT2D eigenvalue weighted by molar-refractivity contribution is 5.96. The Morgan fingerprint density at radius 1 is 1.24 bits per heavy atom. The van der Waals surface area contributed by atoms with Crippen LogP contribution >= 0.6 is 0 Å². The highest BCUT2D eigenvalue weighted by Gasteiger charge is 2.24. The lowest BCUT2D eigenvalue weighted by Gasteiger charge is -2.29. The third-order valence-corrected chi connectivity index (χ3v) is 5.31. The van der Waals surface area contributed by atoms with Crippen LogP contribution in [0.4, 0.5) is 15.1 Å². The summed E-state index contributed by atoms with van der Waals surface area (Å²) in [6.07, 6.45) is 4.09. The van der Waals surface area contributed by atoms with Crippen LogP contribution in [0.2, 0.25) is 0 Å². The zero-order valence-corrected chi connectivity index (χ0v) is 19.1. The minimum Gasteiger partial charge on any atom is -0.491 e. The molecule has 3 aromatic rings. The number of nitrogens with zero attached hydrogens (tertiary/aromatic N) is 4. The van der Waals surface area contributed by atoms with Crippen molar-refractivity contribution in [3.8, 4) is 17.0 Å². The number of piperidine rings is 1. The number of hydrogen-bond acceptors (Lipinski definition) is 7. The van der Waals surface area contributed by atoms with E-state index in [4.69, 9.17) is 9.47 Å². The van der Waals surface area contributed by atoms with Gasteiger partial charge in [0.15, 0.2) is 0 Å². The number of ether oxygens (including phenoxy) is 2. The molecule has 1 aliphatic rings. The van der Waals surface area contributed by atoms with Crippen molar-refractivity contribution in [1.29, 1.82) is 0 Å². The lowest BCUT2D eigenvalue weighted by atomic mass is 10.1. The van der Waals surface area contributed by atoms with E-state index < -0.39 is 18.4 Å². The topological polar surface area (TPSA) is 89.7 Å². The van der Waals surface area contributed by atoms with Crippen LogP contribution in [-0.2, 0) is 4.74 Å². The highest BCUT2D eigenvalue weighted by atomic mass is 19.1. The molecule has 1 aromatic carbocycles. The van der Waals surface area contributed by atoms with Gasteiger partial charge < -0.3 is 19.5 Å². The van der Waals surface area contributed by atoms with Gasteiger partial charge >= 0.3 is 6.09 Å². The van der Waals surface area contributed by atoms with Gasteiger partial charge in [0, 0.05) is 36.4 Å². The molecular weight excluding hydrogens is 427 g/mol. The predicted molar refractivity (Wildman–Crippen MR) is 124 cm³/mol. The Balaban J connectivity index is 1.73. The lowest BCUT2D eigenvalue weighted by Crippen LogP contribution is -2.39. The van der Waals surface area contributed by atoms with Gasteiger partial charge in [0.1, 0.15) is 24.6 Å². The molecule has 4 rings (SSSR count). The predicted octanol–water partition coefficient (Wildman–Crippen LogP) is 4.19. The number of aliphatic hydroxyl groups excluding tert-OH is 1. The fourth-order valence-corrected chi connectivity index (χ4v) is 3.91. The number of benzene rings is 1. The maximum atomic E-state index is 13.1. The van der Waals surface area contributed by atoms with E-state index in [0.717, 1.165) is 24.8 Å². The van der Waals surface area contributed by atoms with Crippen LogP contribution in [0.1, 0.15) is 33.6 Å². The number of alkyl halides is 1. The van der Waals surface area contributed by atoms with E-state index in [9.17, 15) is 14.3 Å². The first-order valence-electron chi connectivity index (χ1n) is 11.1. The summed E-state index contributed by atoms with van der Waals surface area (Å²) >= 11 is 0. The van der Waals surface area contributed by atoms with Crippen LogP contribution in [-0.4, -0.2) is 63.8 Å². The number of aromatic nitrogens is 3. The van der Waals surface area contributed by atoms with Crippen molar-refractivity contribution in [3.63, 3.8) is 0 Å². The van der Waals surface area contributed by atoms with E-state index in [1.54, 1.807) is 30.6 Å². The van der Waals surface area contributed by atoms with E-state index in [1.807, 2.05) is 31.7 Å². The summed E-state index contributed by atoms with van der Waals surface area (Å²) in [7, 11) is 0. The number of carbonyl (C=O) groups is 1. The van der Waals surface area contributed by atoms with Crippen LogP contribution in [0.3, 0.4) is 0 Å². The molecule has 0 aliphatic carbocycles. The van der Waals surface area contributed by atoms with Gasteiger partial charge in [0.2, 0.25) is 5.95 Å². The normalized spacial score (nSPS) is 16.8. The number of hydrogen-bond donors (Lipinski definition) is 1. The van der Waals surface area contributed by atoms with E-state index in [0.29, 0.717) is 35.0 Å². The van der Waals surface area contributed by atoms with Crippen molar-refractivity contribution in [2.45, 2.75) is 45.3 Å². The minimum absolute atomic E-state index is 0.0361. The fourth-order valence-electron chi connectivity index (χ4n) is 3.91. The van der Waals surface area contributed by atoms with Crippen LogP contribution in [0, 0.1) is 0 Å². The zero-order chi connectivity index (χ0) is 23.6. The van der Waals surface area contributed by atoms with Crippen LogP contribution < -0.4 is 9.64 Å². The molecule has 2 aromatic heterocycles. The van der Waals surface area contributed by atoms with Gasteiger partial charge in [-0.1, -0.05) is 0 Å². The third-order valence-electron chi connectivity index (χ3n) is 5.31. The first-order chi connectivity index (χ1) is 15.7. The quantitative estimate of drug-likeness (QED) is 0.616. The molecule has 33 heavy (non-hydrogen) atoms. The second-order valence-corrected chi connectivity index (χ2v) is 9.12. The second-order valence-electron chi connectivity index (χ2n) is 9.12. The molecule has 9 heteroatoms. The van der Waals surface area contributed by atoms with Crippen LogP contribution in [0.5, 0.6) is 5.75 Å². The minimum atomic E-state index is -0.676. The Morgan fingerprint density at radius 3 is 2.67 bits per heavy atom. The summed E-state index contributed by atoms with van der Waals surface area (Å²) in [5.41, 5.74) is 1.18. The number of β-amino-alcohol motifs (C(OH)–C–C–N with tert-alkyl or cyclic N) is 1. The first-order valence-corrected chi connectivity index (χ1v) is 11.1. The van der Waals surface area contributed by atoms with Crippen LogP contribution in [0.15, 0.2) is 36.7 Å². The highest BCUT2D eigenvalue weighted by Crippen LogP contribution is 2.31. The molecule has 0 spiro atoms. The SMILES string of the molecule is CC(C)(C)OC(=O)n1c(-c2cnc(N3CCC[C@@H](O)C3)nc2)cc2cc(OCCF)ccc21. The summed E-state index contributed by atoms with van der Waals surface area (Å²) in [5.74, 6) is 1.06. The summed E-state index contributed by atoms with van der Waals surface area (Å²) in [6.45, 7) is 6.10. The molecule has 1 atom stereocenters. The smallest absolute Gasteiger partial charge is 0.419 e. The largest absolute Gasteiger partial charge is 0.491 e. The molecule has 1 aliphatic heterocycles. The summed E-state index contributed by atoms with van der Waals surface area (Å²) in [6, 6.07) is 7.05. The zero-order valence-electron chi connectivity index (χ0n) is 19.1. The van der Waals surface area contributed by atoms with Crippen molar-refractivity contribution < 1.29 is 23.8 Å². The monoisotopic (exact) mass is 456 g/mol. The molecule has 1 N–H and O–H groups in total. The maximum absolute atomic E-state index is 13.1. The Kier molecular flexibility index (Phi) is 6.51. The average Bonchev–Trinajstić information content (AvgIpc) is 3.15. The van der Waals surface area contributed by atoms with Crippen LogP contribution in [0.25, 0.3) is 22.2 Å². The molecule has 0 amide bonds. The van der Waals surface area contributed by atoms with Gasteiger partial charge in [-0.2, -0.15) is 0 Å². The number of aliphatic hydroxyl groups is 1. The summed E-state index contributed by atoms with van der Waals surface area (Å²) < 4.78 is 25.0. The van der Waals surface area contributed by atoms with Gasteiger partial charge in [-0.05, 0) is 57.9 Å². The maximum Gasteiger partial charge on any atom is 0.419 e. The van der Waals surface area contributed by atoms with Crippen molar-refractivity contribution in [2.75, 3.05) is 31.3 Å². The Bertz CT molecular complexity index is 1120. The van der Waals surface area contributed by atoms with Crippen molar-refractivity contribution in [2.24, 2.45) is 0 Å². The van der Waals surface area contributed by atoms with Crippen molar-refractivity contribution >= 4 is 22.9 Å². The van der Waals surface area contributed by atoms with E-state index >= 15 is 0 Å². The molecule has 8 nitrogen and oxygen atoms in total. The van der Waals surface area contributed by atoms with Gasteiger partial charge in [-0.25, -0.2) is 23.7 Å². The second kappa shape index (κ2) is 9.35. The lowest BCUT2D eigenvalue weighted by molar-refractivity contribution is 0.0547. The number of rotatable bonds is 5. The van der Waals surface area contributed by atoms with E-state index in [1.165, 1.54) is 4.57 Å². The average molecular weight is 457 g/mol.